The van der Waals surface area contributed by atoms with Crippen molar-refractivity contribution >= 4 is 5.97 Å². The van der Waals surface area contributed by atoms with Crippen molar-refractivity contribution < 1.29 is 14.3 Å². The number of carbonyl (C=O) groups is 1. The molecule has 0 aromatic rings. The summed E-state index contributed by atoms with van der Waals surface area (Å²) in [7, 11) is 0. The number of cyclic esters (lactones) is 1. The minimum absolute atomic E-state index is 0.243. The fourth-order valence-electron chi connectivity index (χ4n) is 3.04. The van der Waals surface area contributed by atoms with Gasteiger partial charge in [-0.2, -0.15) is 0 Å². The van der Waals surface area contributed by atoms with E-state index in [1.54, 1.807) is 0 Å². The van der Waals surface area contributed by atoms with Gasteiger partial charge in [-0.1, -0.05) is 19.3 Å². The van der Waals surface area contributed by atoms with Crippen LogP contribution in [0.15, 0.2) is 11.8 Å². The molecule has 0 saturated heterocycles. The van der Waals surface area contributed by atoms with Crippen molar-refractivity contribution in [1.82, 2.24) is 0 Å². The Balaban J connectivity index is 2.09. The molecule has 96 valence electrons. The van der Waals surface area contributed by atoms with E-state index in [-0.39, 0.29) is 11.6 Å². The largest absolute Gasteiger partial charge is 0.498 e. The summed E-state index contributed by atoms with van der Waals surface area (Å²) < 4.78 is 11.1. The zero-order valence-corrected chi connectivity index (χ0v) is 10.8. The molecule has 1 saturated carbocycles. The summed E-state index contributed by atoms with van der Waals surface area (Å²) in [6.45, 7) is 4.62. The lowest BCUT2D eigenvalue weighted by Crippen LogP contribution is -2.43. The second kappa shape index (κ2) is 5.11. The lowest BCUT2D eigenvalue weighted by atomic mass is 9.75. The van der Waals surface area contributed by atoms with Crippen molar-refractivity contribution in [3.8, 4) is 0 Å². The third-order valence-electron chi connectivity index (χ3n) is 3.94. The maximum atomic E-state index is 11.6. The molecule has 2 aliphatic rings. The summed E-state index contributed by atoms with van der Waals surface area (Å²) >= 11 is 0. The zero-order valence-electron chi connectivity index (χ0n) is 10.8. The standard InChI is InChI=1S/C14H22O3/c1-3-16-12-9-13(15)17-14(2,10-12)11-7-5-4-6-8-11/h9,11H,3-8,10H2,1-2H3. The van der Waals surface area contributed by atoms with Gasteiger partial charge in [0.05, 0.1) is 12.7 Å². The molecule has 0 N–H and O–H groups in total. The minimum atomic E-state index is -0.350. The van der Waals surface area contributed by atoms with Crippen LogP contribution in [0.4, 0.5) is 0 Å². The highest BCUT2D eigenvalue weighted by molar-refractivity contribution is 5.83. The van der Waals surface area contributed by atoms with Crippen molar-refractivity contribution in [2.45, 2.75) is 58.0 Å². The molecular formula is C14H22O3. The van der Waals surface area contributed by atoms with Crippen LogP contribution in [0.2, 0.25) is 0 Å². The van der Waals surface area contributed by atoms with Crippen molar-refractivity contribution in [3.63, 3.8) is 0 Å². The Morgan fingerprint density at radius 1 is 1.41 bits per heavy atom. The van der Waals surface area contributed by atoms with E-state index in [1.165, 1.54) is 38.2 Å². The van der Waals surface area contributed by atoms with E-state index < -0.39 is 0 Å². The number of hydrogen-bond donors (Lipinski definition) is 0. The normalized spacial score (nSPS) is 30.7. The van der Waals surface area contributed by atoms with E-state index in [0.29, 0.717) is 12.5 Å². The van der Waals surface area contributed by atoms with Crippen LogP contribution in [-0.2, 0) is 14.3 Å². The first-order valence-electron chi connectivity index (χ1n) is 6.70. The summed E-state index contributed by atoms with van der Waals surface area (Å²) in [5.74, 6) is 1.04. The Morgan fingerprint density at radius 2 is 2.12 bits per heavy atom. The van der Waals surface area contributed by atoms with E-state index in [4.69, 9.17) is 9.47 Å². The minimum Gasteiger partial charge on any atom is -0.498 e. The van der Waals surface area contributed by atoms with Crippen LogP contribution in [0.25, 0.3) is 0 Å². The molecule has 1 heterocycles. The molecule has 3 heteroatoms. The quantitative estimate of drug-likeness (QED) is 0.708. The first kappa shape index (κ1) is 12.5. The molecule has 1 aliphatic carbocycles. The van der Waals surface area contributed by atoms with Gasteiger partial charge in [-0.15, -0.1) is 0 Å². The van der Waals surface area contributed by atoms with Gasteiger partial charge in [0.25, 0.3) is 0 Å². The predicted octanol–water partition coefficient (Wildman–Crippen LogP) is 3.19. The number of carbonyl (C=O) groups excluding carboxylic acids is 1. The Kier molecular flexibility index (Phi) is 3.75. The number of hydrogen-bond acceptors (Lipinski definition) is 3. The van der Waals surface area contributed by atoms with Crippen LogP contribution in [-0.4, -0.2) is 18.2 Å². The molecule has 0 aromatic carbocycles. The maximum absolute atomic E-state index is 11.6. The number of rotatable bonds is 3. The SMILES string of the molecule is CCOC1=CC(=O)OC(C)(C2CCCCC2)C1. The average Bonchev–Trinajstić information content (AvgIpc) is 2.29. The summed E-state index contributed by atoms with van der Waals surface area (Å²) in [5.41, 5.74) is -0.350. The lowest BCUT2D eigenvalue weighted by Gasteiger charge is -2.41. The van der Waals surface area contributed by atoms with Crippen LogP contribution in [0, 0.1) is 5.92 Å². The molecule has 17 heavy (non-hydrogen) atoms. The van der Waals surface area contributed by atoms with Crippen LogP contribution >= 0.6 is 0 Å². The average molecular weight is 238 g/mol. The van der Waals surface area contributed by atoms with E-state index in [0.717, 1.165) is 12.2 Å². The maximum Gasteiger partial charge on any atom is 0.334 e. The van der Waals surface area contributed by atoms with E-state index in [1.807, 2.05) is 6.92 Å². The molecule has 1 atom stereocenters. The Morgan fingerprint density at radius 3 is 2.76 bits per heavy atom. The van der Waals surface area contributed by atoms with Crippen molar-refractivity contribution in [2.24, 2.45) is 5.92 Å². The first-order chi connectivity index (χ1) is 8.14. The highest BCUT2D eigenvalue weighted by Crippen LogP contribution is 2.40. The van der Waals surface area contributed by atoms with Gasteiger partial charge in [0, 0.05) is 6.42 Å². The smallest absolute Gasteiger partial charge is 0.334 e. The van der Waals surface area contributed by atoms with Gasteiger partial charge in [0.15, 0.2) is 0 Å². The van der Waals surface area contributed by atoms with Gasteiger partial charge < -0.3 is 9.47 Å². The molecule has 0 spiro atoms. The summed E-state index contributed by atoms with van der Waals surface area (Å²) in [5, 5.41) is 0. The molecule has 0 radical (unpaired) electrons. The number of ether oxygens (including phenoxy) is 2. The van der Waals surface area contributed by atoms with E-state index in [2.05, 4.69) is 6.92 Å². The van der Waals surface area contributed by atoms with Crippen molar-refractivity contribution in [3.05, 3.63) is 11.8 Å². The van der Waals surface area contributed by atoms with Gasteiger partial charge >= 0.3 is 5.97 Å². The molecule has 1 aliphatic heterocycles. The van der Waals surface area contributed by atoms with Gasteiger partial charge in [-0.05, 0) is 32.6 Å². The molecule has 0 amide bonds. The van der Waals surface area contributed by atoms with Crippen molar-refractivity contribution in [1.29, 1.82) is 0 Å². The summed E-state index contributed by atoms with van der Waals surface area (Å²) in [4.78, 5) is 11.6. The van der Waals surface area contributed by atoms with Gasteiger partial charge in [0.1, 0.15) is 11.4 Å². The number of esters is 1. The summed E-state index contributed by atoms with van der Waals surface area (Å²) in [6, 6.07) is 0. The summed E-state index contributed by atoms with van der Waals surface area (Å²) in [6.07, 6.45) is 8.39. The van der Waals surface area contributed by atoms with Gasteiger partial charge in [-0.3, -0.25) is 0 Å². The topological polar surface area (TPSA) is 35.5 Å². The highest BCUT2D eigenvalue weighted by atomic mass is 16.6. The van der Waals surface area contributed by atoms with Crippen LogP contribution in [0.3, 0.4) is 0 Å². The van der Waals surface area contributed by atoms with Gasteiger partial charge in [-0.25, -0.2) is 4.79 Å². The fraction of sp³-hybridized carbons (Fsp3) is 0.786. The monoisotopic (exact) mass is 238 g/mol. The predicted molar refractivity (Wildman–Crippen MR) is 65.4 cm³/mol. The third-order valence-corrected chi connectivity index (χ3v) is 3.94. The molecule has 1 fully saturated rings. The van der Waals surface area contributed by atoms with Crippen molar-refractivity contribution in [2.75, 3.05) is 6.61 Å². The molecule has 2 rings (SSSR count). The van der Waals surface area contributed by atoms with E-state index >= 15 is 0 Å². The molecular weight excluding hydrogens is 216 g/mol. The molecule has 0 bridgehead atoms. The fourth-order valence-corrected chi connectivity index (χ4v) is 3.04. The second-order valence-corrected chi connectivity index (χ2v) is 5.29. The lowest BCUT2D eigenvalue weighted by molar-refractivity contribution is -0.163. The van der Waals surface area contributed by atoms with Crippen LogP contribution < -0.4 is 0 Å². The Labute approximate surface area is 103 Å². The Hall–Kier alpha value is -0.990. The molecule has 1 unspecified atom stereocenters. The first-order valence-corrected chi connectivity index (χ1v) is 6.70. The highest BCUT2D eigenvalue weighted by Gasteiger charge is 2.41. The zero-order chi connectivity index (χ0) is 12.3. The molecule has 3 nitrogen and oxygen atoms in total. The van der Waals surface area contributed by atoms with Crippen LogP contribution in [0.1, 0.15) is 52.4 Å². The Bertz CT molecular complexity index is 315. The molecule has 0 aromatic heterocycles. The van der Waals surface area contributed by atoms with Crippen LogP contribution in [0.5, 0.6) is 0 Å². The third kappa shape index (κ3) is 2.82. The second-order valence-electron chi connectivity index (χ2n) is 5.29. The van der Waals surface area contributed by atoms with Gasteiger partial charge in [0.2, 0.25) is 0 Å². The van der Waals surface area contributed by atoms with E-state index in [9.17, 15) is 4.79 Å².